The third kappa shape index (κ3) is 1.56. The highest BCUT2D eigenvalue weighted by Crippen LogP contribution is 2.42. The van der Waals surface area contributed by atoms with E-state index in [1.165, 1.54) is 22.3 Å². The van der Waals surface area contributed by atoms with Crippen LogP contribution in [0.3, 0.4) is 0 Å². The summed E-state index contributed by atoms with van der Waals surface area (Å²) in [4.78, 5) is 0. The highest BCUT2D eigenvalue weighted by molar-refractivity contribution is 5.80. The lowest BCUT2D eigenvalue weighted by atomic mass is 9.92. The minimum atomic E-state index is -0.587. The molecule has 0 saturated carbocycles. The molecule has 0 N–H and O–H groups in total. The normalized spacial score (nSPS) is 20.4. The molecule has 17 heavy (non-hydrogen) atoms. The molecule has 0 atom stereocenters. The Morgan fingerprint density at radius 3 is 2.65 bits per heavy atom. The number of hydrogen-bond donors (Lipinski definition) is 0. The Morgan fingerprint density at radius 2 is 1.88 bits per heavy atom. The van der Waals surface area contributed by atoms with Crippen LogP contribution in [-0.2, 0) is 15.9 Å². The van der Waals surface area contributed by atoms with Gasteiger partial charge in [-0.15, -0.1) is 0 Å². The van der Waals surface area contributed by atoms with E-state index in [0.29, 0.717) is 0 Å². The Balaban J connectivity index is 2.02. The largest absolute Gasteiger partial charge is 0.349 e. The average Bonchev–Trinajstić information content (AvgIpc) is 2.76. The molecule has 2 aliphatic carbocycles. The van der Waals surface area contributed by atoms with E-state index in [9.17, 15) is 0 Å². The van der Waals surface area contributed by atoms with Gasteiger partial charge in [0.05, 0.1) is 0 Å². The molecule has 1 aromatic rings. The van der Waals surface area contributed by atoms with Crippen molar-refractivity contribution < 1.29 is 9.47 Å². The molecule has 2 heteroatoms. The van der Waals surface area contributed by atoms with Crippen LogP contribution < -0.4 is 0 Å². The fourth-order valence-electron chi connectivity index (χ4n) is 2.72. The van der Waals surface area contributed by atoms with Gasteiger partial charge in [-0.25, -0.2) is 0 Å². The van der Waals surface area contributed by atoms with Gasteiger partial charge in [0.15, 0.2) is 5.79 Å². The van der Waals surface area contributed by atoms with Crippen LogP contribution in [0.4, 0.5) is 0 Å². The van der Waals surface area contributed by atoms with Gasteiger partial charge in [0.25, 0.3) is 0 Å². The summed E-state index contributed by atoms with van der Waals surface area (Å²) in [7, 11) is 3.39. The van der Waals surface area contributed by atoms with Crippen LogP contribution in [0.25, 0.3) is 5.57 Å². The maximum atomic E-state index is 5.51. The number of fused-ring (bicyclic) bond motifs is 2. The SMILES string of the molecule is COC1(OC)C=CC2=C(C1)c1ccccc1C2. The summed E-state index contributed by atoms with van der Waals surface area (Å²) in [6.07, 6.45) is 6.00. The zero-order valence-electron chi connectivity index (χ0n) is 10.2. The Morgan fingerprint density at radius 1 is 1.12 bits per heavy atom. The highest BCUT2D eigenvalue weighted by Gasteiger charge is 2.35. The highest BCUT2D eigenvalue weighted by atomic mass is 16.7. The predicted molar refractivity (Wildman–Crippen MR) is 67.6 cm³/mol. The van der Waals surface area contributed by atoms with E-state index in [2.05, 4.69) is 30.3 Å². The van der Waals surface area contributed by atoms with Crippen LogP contribution in [0.2, 0.25) is 0 Å². The first-order valence-electron chi connectivity index (χ1n) is 5.88. The molecular formula is C15H16O2. The van der Waals surface area contributed by atoms with Crippen LogP contribution >= 0.6 is 0 Å². The van der Waals surface area contributed by atoms with E-state index in [0.717, 1.165) is 12.8 Å². The lowest BCUT2D eigenvalue weighted by molar-refractivity contribution is -0.166. The van der Waals surface area contributed by atoms with Crippen LogP contribution in [-0.4, -0.2) is 20.0 Å². The first kappa shape index (κ1) is 10.8. The first-order valence-corrected chi connectivity index (χ1v) is 5.88. The summed E-state index contributed by atoms with van der Waals surface area (Å²) in [5.74, 6) is -0.587. The molecule has 0 aromatic heterocycles. The third-order valence-electron chi connectivity index (χ3n) is 3.76. The fourth-order valence-corrected chi connectivity index (χ4v) is 2.72. The van der Waals surface area contributed by atoms with Gasteiger partial charge in [0.2, 0.25) is 0 Å². The zero-order chi connectivity index (χ0) is 11.9. The van der Waals surface area contributed by atoms with E-state index in [1.807, 2.05) is 6.08 Å². The number of allylic oxidation sites excluding steroid dienone is 2. The summed E-state index contributed by atoms with van der Waals surface area (Å²) in [5.41, 5.74) is 5.53. The Kier molecular flexibility index (Phi) is 2.42. The van der Waals surface area contributed by atoms with Crippen molar-refractivity contribution in [3.05, 3.63) is 53.1 Å². The smallest absolute Gasteiger partial charge is 0.191 e. The molecule has 0 spiro atoms. The van der Waals surface area contributed by atoms with E-state index < -0.39 is 5.79 Å². The van der Waals surface area contributed by atoms with Gasteiger partial charge in [0, 0.05) is 20.6 Å². The Bertz CT molecular complexity index is 507. The molecule has 1 aromatic carbocycles. The molecule has 2 aliphatic rings. The number of rotatable bonds is 2. The molecular weight excluding hydrogens is 212 g/mol. The number of methoxy groups -OCH3 is 2. The van der Waals surface area contributed by atoms with E-state index in [4.69, 9.17) is 9.47 Å². The molecule has 88 valence electrons. The van der Waals surface area contributed by atoms with Gasteiger partial charge in [-0.3, -0.25) is 0 Å². The van der Waals surface area contributed by atoms with Crippen molar-refractivity contribution in [2.75, 3.05) is 14.2 Å². The molecule has 0 heterocycles. The van der Waals surface area contributed by atoms with Crippen LogP contribution in [0.1, 0.15) is 17.5 Å². The standard InChI is InChI=1S/C15H16O2/c1-16-15(17-2)8-7-12-9-11-5-3-4-6-13(11)14(12)10-15/h3-8H,9-10H2,1-2H3. The second-order valence-corrected chi connectivity index (χ2v) is 4.57. The zero-order valence-corrected chi connectivity index (χ0v) is 10.2. The van der Waals surface area contributed by atoms with Crippen LogP contribution in [0.5, 0.6) is 0 Å². The quantitative estimate of drug-likeness (QED) is 0.724. The number of benzene rings is 1. The average molecular weight is 228 g/mol. The van der Waals surface area contributed by atoms with Crippen molar-refractivity contribution in [2.45, 2.75) is 18.6 Å². The minimum Gasteiger partial charge on any atom is -0.349 e. The maximum absolute atomic E-state index is 5.51. The van der Waals surface area contributed by atoms with Crippen molar-refractivity contribution in [3.8, 4) is 0 Å². The molecule has 0 saturated heterocycles. The molecule has 0 fully saturated rings. The molecule has 0 radical (unpaired) electrons. The van der Waals surface area contributed by atoms with Gasteiger partial charge in [-0.2, -0.15) is 0 Å². The summed E-state index contributed by atoms with van der Waals surface area (Å²) in [6.45, 7) is 0. The molecule has 0 aliphatic heterocycles. The summed E-state index contributed by atoms with van der Waals surface area (Å²) in [5, 5.41) is 0. The summed E-state index contributed by atoms with van der Waals surface area (Å²) < 4.78 is 11.0. The topological polar surface area (TPSA) is 18.5 Å². The van der Waals surface area contributed by atoms with Crippen molar-refractivity contribution in [1.82, 2.24) is 0 Å². The monoisotopic (exact) mass is 228 g/mol. The van der Waals surface area contributed by atoms with Gasteiger partial charge in [0.1, 0.15) is 0 Å². The second kappa shape index (κ2) is 3.83. The van der Waals surface area contributed by atoms with Crippen molar-refractivity contribution >= 4 is 5.57 Å². The van der Waals surface area contributed by atoms with Crippen molar-refractivity contribution in [2.24, 2.45) is 0 Å². The first-order chi connectivity index (χ1) is 8.28. The molecule has 2 nitrogen and oxygen atoms in total. The van der Waals surface area contributed by atoms with E-state index >= 15 is 0 Å². The molecule has 0 unspecified atom stereocenters. The fraction of sp³-hybridized carbons (Fsp3) is 0.333. The van der Waals surface area contributed by atoms with Gasteiger partial charge >= 0.3 is 0 Å². The molecule has 0 bridgehead atoms. The van der Waals surface area contributed by atoms with Crippen molar-refractivity contribution in [1.29, 1.82) is 0 Å². The lowest BCUT2D eigenvalue weighted by Gasteiger charge is -2.31. The van der Waals surface area contributed by atoms with Gasteiger partial charge in [-0.1, -0.05) is 30.3 Å². The Labute approximate surface area is 102 Å². The van der Waals surface area contributed by atoms with Crippen LogP contribution in [0, 0.1) is 0 Å². The summed E-state index contributed by atoms with van der Waals surface area (Å²) in [6, 6.07) is 8.57. The second-order valence-electron chi connectivity index (χ2n) is 4.57. The summed E-state index contributed by atoms with van der Waals surface area (Å²) >= 11 is 0. The minimum absolute atomic E-state index is 0.587. The van der Waals surface area contributed by atoms with E-state index in [1.54, 1.807) is 14.2 Å². The lowest BCUT2D eigenvalue weighted by Crippen LogP contribution is -2.33. The molecule has 0 amide bonds. The Hall–Kier alpha value is -1.38. The predicted octanol–water partition coefficient (Wildman–Crippen LogP) is 2.95. The number of ether oxygens (including phenoxy) is 2. The molecule has 3 rings (SSSR count). The maximum Gasteiger partial charge on any atom is 0.191 e. The van der Waals surface area contributed by atoms with Crippen molar-refractivity contribution in [3.63, 3.8) is 0 Å². The van der Waals surface area contributed by atoms with Crippen LogP contribution in [0.15, 0.2) is 42.0 Å². The van der Waals surface area contributed by atoms with Gasteiger partial charge < -0.3 is 9.47 Å². The third-order valence-corrected chi connectivity index (χ3v) is 3.76. The number of hydrogen-bond acceptors (Lipinski definition) is 2. The van der Waals surface area contributed by atoms with Gasteiger partial charge in [-0.05, 0) is 34.8 Å². The van der Waals surface area contributed by atoms with E-state index in [-0.39, 0.29) is 0 Å².